The Morgan fingerprint density at radius 1 is 1.08 bits per heavy atom. The number of aliphatic hydroxyl groups excluding tert-OH is 1. The molecule has 0 spiro atoms. The summed E-state index contributed by atoms with van der Waals surface area (Å²) >= 11 is 0. The van der Waals surface area contributed by atoms with Gasteiger partial charge in [0.15, 0.2) is 0 Å². The third-order valence-electron chi connectivity index (χ3n) is 5.69. The predicted molar refractivity (Wildman–Crippen MR) is 141 cm³/mol. The molecule has 0 aliphatic carbocycles. The van der Waals surface area contributed by atoms with Crippen molar-refractivity contribution in [3.8, 4) is 5.75 Å². The van der Waals surface area contributed by atoms with Gasteiger partial charge in [0.25, 0.3) is 0 Å². The quantitative estimate of drug-likeness (QED) is 0.209. The van der Waals surface area contributed by atoms with E-state index < -0.39 is 54.7 Å². The molecule has 11 nitrogen and oxygen atoms in total. The number of nitrogens with one attached hydrogen (secondary N) is 2. The summed E-state index contributed by atoms with van der Waals surface area (Å²) < 4.78 is 9.84. The van der Waals surface area contributed by atoms with Crippen molar-refractivity contribution in [1.82, 2.24) is 15.5 Å². The Balaban J connectivity index is 3.42. The molecule has 0 radical (unpaired) electrons. The van der Waals surface area contributed by atoms with Gasteiger partial charge in [0.1, 0.15) is 30.0 Å². The molecule has 38 heavy (non-hydrogen) atoms. The average Bonchev–Trinajstić information content (AvgIpc) is 2.85. The van der Waals surface area contributed by atoms with Crippen LogP contribution in [0.4, 0.5) is 4.79 Å². The van der Waals surface area contributed by atoms with Gasteiger partial charge in [-0.2, -0.15) is 0 Å². The van der Waals surface area contributed by atoms with Crippen molar-refractivity contribution in [3.05, 3.63) is 29.3 Å². The number of hydrogen-bond donors (Lipinski definition) is 4. The fourth-order valence-electron chi connectivity index (χ4n) is 3.74. The first-order chi connectivity index (χ1) is 17.8. The van der Waals surface area contributed by atoms with E-state index in [1.807, 2.05) is 0 Å². The second kappa shape index (κ2) is 15.8. The molecule has 0 aromatic heterocycles. The fraction of sp³-hybridized carbons (Fsp3) is 0.630. The number of phenols is 1. The number of phenolic OH excluding ortho intramolecular Hbond substituents is 1. The maximum Gasteiger partial charge on any atom is 0.408 e. The predicted octanol–water partition coefficient (Wildman–Crippen LogP) is 2.72. The number of aromatic hydroxyl groups is 1. The van der Waals surface area contributed by atoms with E-state index in [9.17, 15) is 29.4 Å². The van der Waals surface area contributed by atoms with E-state index in [4.69, 9.17) is 4.74 Å². The average molecular weight is 538 g/mol. The van der Waals surface area contributed by atoms with E-state index in [0.29, 0.717) is 17.5 Å². The third kappa shape index (κ3) is 11.0. The second-order valence-electron chi connectivity index (χ2n) is 10.1. The summed E-state index contributed by atoms with van der Waals surface area (Å²) in [4.78, 5) is 52.5. The maximum absolute atomic E-state index is 13.7. The van der Waals surface area contributed by atoms with Crippen LogP contribution in [0.3, 0.4) is 0 Å². The van der Waals surface area contributed by atoms with Gasteiger partial charge in [0.2, 0.25) is 11.8 Å². The van der Waals surface area contributed by atoms with Crippen LogP contribution in [0.25, 0.3) is 0 Å². The number of methoxy groups -OCH3 is 1. The zero-order chi connectivity index (χ0) is 28.9. The zero-order valence-electron chi connectivity index (χ0n) is 23.3. The number of carbonyl (C=O) groups is 4. The molecule has 11 heteroatoms. The minimum absolute atomic E-state index is 0.0136. The first-order valence-electron chi connectivity index (χ1n) is 12.9. The molecule has 0 saturated heterocycles. The number of unbranched alkanes of at least 4 members (excludes halogenated alkanes) is 4. The molecular weight excluding hydrogens is 494 g/mol. The number of amides is 3. The summed E-state index contributed by atoms with van der Waals surface area (Å²) in [6, 6.07) is 1.90. The Kier molecular flexibility index (Phi) is 13.6. The van der Waals surface area contributed by atoms with Crippen molar-refractivity contribution in [3.63, 3.8) is 0 Å². The SMILES string of the molecule is CCCCCCCN(C(=O)C(CO)NC(=O)OC(C)(C)C)C(C(=O)NCC(=O)OC)c1ccc(O)c(C)c1. The van der Waals surface area contributed by atoms with Crippen molar-refractivity contribution in [2.24, 2.45) is 0 Å². The van der Waals surface area contributed by atoms with Gasteiger partial charge < -0.3 is 35.2 Å². The van der Waals surface area contributed by atoms with Crippen LogP contribution < -0.4 is 10.6 Å². The van der Waals surface area contributed by atoms with Gasteiger partial charge in [-0.25, -0.2) is 4.79 Å². The van der Waals surface area contributed by atoms with Gasteiger partial charge in [-0.05, 0) is 57.4 Å². The lowest BCUT2D eigenvalue weighted by atomic mass is 9.99. The number of hydrogen-bond acceptors (Lipinski definition) is 8. The Morgan fingerprint density at radius 3 is 2.29 bits per heavy atom. The summed E-state index contributed by atoms with van der Waals surface area (Å²) in [6.07, 6.45) is 3.46. The maximum atomic E-state index is 13.7. The number of ether oxygens (including phenoxy) is 2. The molecule has 1 aromatic rings. The summed E-state index contributed by atoms with van der Waals surface area (Å²) in [5.74, 6) is -2.01. The van der Waals surface area contributed by atoms with Crippen LogP contribution in [0.1, 0.15) is 77.0 Å². The van der Waals surface area contributed by atoms with Gasteiger partial charge in [-0.1, -0.05) is 38.7 Å². The Bertz CT molecular complexity index is 945. The molecular formula is C27H43N3O8. The molecule has 0 saturated carbocycles. The third-order valence-corrected chi connectivity index (χ3v) is 5.69. The number of rotatable bonds is 14. The van der Waals surface area contributed by atoms with Crippen LogP contribution >= 0.6 is 0 Å². The van der Waals surface area contributed by atoms with E-state index >= 15 is 0 Å². The zero-order valence-corrected chi connectivity index (χ0v) is 23.3. The van der Waals surface area contributed by atoms with Crippen molar-refractivity contribution in [1.29, 1.82) is 0 Å². The van der Waals surface area contributed by atoms with Gasteiger partial charge in [0, 0.05) is 6.54 Å². The highest BCUT2D eigenvalue weighted by Crippen LogP contribution is 2.27. The minimum atomic E-state index is -1.38. The van der Waals surface area contributed by atoms with E-state index in [2.05, 4.69) is 22.3 Å². The lowest BCUT2D eigenvalue weighted by Gasteiger charge is -2.34. The summed E-state index contributed by atoms with van der Waals surface area (Å²) in [5, 5.41) is 24.9. The topological polar surface area (TPSA) is 154 Å². The Labute approximate surface area is 224 Å². The standard InChI is InChI=1S/C27H43N3O8/c1-7-8-9-10-11-14-30(25(35)20(17-31)29-26(36)38-27(3,4)5)23(24(34)28-16-22(33)37-6)19-12-13-21(32)18(2)15-19/h12-13,15,20,23,31-32H,7-11,14,16-17H2,1-6H3,(H,28,34)(H,29,36). The van der Waals surface area contributed by atoms with Crippen LogP contribution in [0.15, 0.2) is 18.2 Å². The van der Waals surface area contributed by atoms with E-state index in [1.54, 1.807) is 33.8 Å². The van der Waals surface area contributed by atoms with Crippen molar-refractivity contribution >= 4 is 23.9 Å². The Morgan fingerprint density at radius 2 is 1.74 bits per heavy atom. The van der Waals surface area contributed by atoms with Crippen LogP contribution in [-0.4, -0.2) is 77.4 Å². The fourth-order valence-corrected chi connectivity index (χ4v) is 3.74. The molecule has 2 unspecified atom stereocenters. The molecule has 2 atom stereocenters. The number of carbonyl (C=O) groups excluding carboxylic acids is 4. The normalized spacial score (nSPS) is 12.7. The van der Waals surface area contributed by atoms with Crippen LogP contribution in [-0.2, 0) is 23.9 Å². The number of esters is 1. The van der Waals surface area contributed by atoms with Crippen LogP contribution in [0.2, 0.25) is 0 Å². The first kappa shape index (κ1) is 32.7. The molecule has 0 bridgehead atoms. The van der Waals surface area contributed by atoms with E-state index in [-0.39, 0.29) is 12.3 Å². The summed E-state index contributed by atoms with van der Waals surface area (Å²) in [5.41, 5.74) is 0.0409. The molecule has 0 aliphatic heterocycles. The van der Waals surface area contributed by atoms with Crippen molar-refractivity contribution in [2.45, 2.75) is 84.4 Å². The summed E-state index contributed by atoms with van der Waals surface area (Å²) in [6.45, 7) is 7.74. The van der Waals surface area contributed by atoms with Crippen LogP contribution in [0.5, 0.6) is 5.75 Å². The van der Waals surface area contributed by atoms with Gasteiger partial charge in [-0.15, -0.1) is 0 Å². The molecule has 0 heterocycles. The Hall–Kier alpha value is -3.34. The van der Waals surface area contributed by atoms with E-state index in [1.165, 1.54) is 24.1 Å². The van der Waals surface area contributed by atoms with Gasteiger partial charge in [0.05, 0.1) is 13.7 Å². The lowest BCUT2D eigenvalue weighted by Crippen LogP contribution is -2.54. The highest BCUT2D eigenvalue weighted by Gasteiger charge is 2.36. The molecule has 0 fully saturated rings. The summed E-state index contributed by atoms with van der Waals surface area (Å²) in [7, 11) is 1.19. The number of nitrogens with zero attached hydrogens (tertiary/aromatic N) is 1. The molecule has 4 N–H and O–H groups in total. The van der Waals surface area contributed by atoms with E-state index in [0.717, 1.165) is 25.7 Å². The minimum Gasteiger partial charge on any atom is -0.508 e. The number of aliphatic hydroxyl groups is 1. The monoisotopic (exact) mass is 537 g/mol. The first-order valence-corrected chi connectivity index (χ1v) is 12.9. The molecule has 0 aliphatic rings. The molecule has 1 rings (SSSR count). The second-order valence-corrected chi connectivity index (χ2v) is 10.1. The highest BCUT2D eigenvalue weighted by molar-refractivity contribution is 5.93. The van der Waals surface area contributed by atoms with Gasteiger partial charge >= 0.3 is 12.1 Å². The molecule has 1 aromatic carbocycles. The lowest BCUT2D eigenvalue weighted by molar-refractivity contribution is -0.145. The smallest absolute Gasteiger partial charge is 0.408 e. The van der Waals surface area contributed by atoms with Gasteiger partial charge in [-0.3, -0.25) is 14.4 Å². The highest BCUT2D eigenvalue weighted by atomic mass is 16.6. The van der Waals surface area contributed by atoms with Crippen molar-refractivity contribution in [2.75, 3.05) is 26.8 Å². The molecule has 3 amide bonds. The molecule has 214 valence electrons. The largest absolute Gasteiger partial charge is 0.508 e. The number of benzene rings is 1. The number of aryl methyl sites for hydroxylation is 1. The van der Waals surface area contributed by atoms with Crippen LogP contribution in [0, 0.1) is 6.92 Å². The number of alkyl carbamates (subject to hydrolysis) is 1. The van der Waals surface area contributed by atoms with Crippen molar-refractivity contribution < 1.29 is 38.9 Å².